The lowest BCUT2D eigenvalue weighted by Gasteiger charge is -2.18. The maximum absolute atomic E-state index is 11.7. The van der Waals surface area contributed by atoms with Gasteiger partial charge >= 0.3 is 5.97 Å². The maximum Gasteiger partial charge on any atom is 0.306 e. The molecule has 7 nitrogen and oxygen atoms in total. The van der Waals surface area contributed by atoms with Crippen LogP contribution < -0.4 is 0 Å². The van der Waals surface area contributed by atoms with E-state index in [2.05, 4.69) is 0 Å². The van der Waals surface area contributed by atoms with E-state index >= 15 is 0 Å². The number of rotatable bonds is 15. The molecule has 0 saturated carbocycles. The SMILES string of the molecule is CCC(C)(O)C(=O)CCC(=O)OCCOCCOCCOC(C)C. The number of carbonyl (C=O) groups is 2. The number of Topliss-reactive ketones (excluding diaryl/α,β-unsaturated/α-hetero) is 1. The molecule has 0 aromatic rings. The van der Waals surface area contributed by atoms with Crippen molar-refractivity contribution in [2.45, 2.75) is 58.7 Å². The van der Waals surface area contributed by atoms with Gasteiger partial charge in [-0.25, -0.2) is 0 Å². The molecule has 0 heterocycles. The number of hydrogen-bond donors (Lipinski definition) is 1. The van der Waals surface area contributed by atoms with Crippen LogP contribution in [0, 0.1) is 0 Å². The van der Waals surface area contributed by atoms with Crippen LogP contribution in [0.3, 0.4) is 0 Å². The second-order valence-electron chi connectivity index (χ2n) is 5.92. The smallest absolute Gasteiger partial charge is 0.306 e. The van der Waals surface area contributed by atoms with E-state index in [1.807, 2.05) is 13.8 Å². The zero-order valence-electron chi connectivity index (χ0n) is 15.3. The standard InChI is InChI=1S/C17H32O7/c1-5-17(4,20)15(18)6-7-16(19)24-13-11-22-9-8-21-10-12-23-14(2)3/h14,20H,5-13H2,1-4H3. The fourth-order valence-corrected chi connectivity index (χ4v) is 1.63. The lowest BCUT2D eigenvalue weighted by molar-refractivity contribution is -0.148. The van der Waals surface area contributed by atoms with Crippen molar-refractivity contribution in [3.8, 4) is 0 Å². The Hall–Kier alpha value is -1.02. The Labute approximate surface area is 144 Å². The highest BCUT2D eigenvalue weighted by molar-refractivity contribution is 5.89. The van der Waals surface area contributed by atoms with Gasteiger partial charge in [0.2, 0.25) is 0 Å². The van der Waals surface area contributed by atoms with E-state index in [-0.39, 0.29) is 37.9 Å². The molecular formula is C17H32O7. The number of ketones is 1. The highest BCUT2D eigenvalue weighted by Crippen LogP contribution is 2.13. The molecule has 0 aliphatic carbocycles. The van der Waals surface area contributed by atoms with Crippen molar-refractivity contribution in [3.05, 3.63) is 0 Å². The molecule has 24 heavy (non-hydrogen) atoms. The molecule has 0 aromatic carbocycles. The van der Waals surface area contributed by atoms with Gasteiger partial charge in [0.1, 0.15) is 12.2 Å². The van der Waals surface area contributed by atoms with E-state index in [1.54, 1.807) is 6.92 Å². The van der Waals surface area contributed by atoms with Gasteiger partial charge in [-0.1, -0.05) is 6.92 Å². The normalized spacial score (nSPS) is 13.8. The summed E-state index contributed by atoms with van der Waals surface area (Å²) in [4.78, 5) is 23.1. The first-order valence-corrected chi connectivity index (χ1v) is 8.48. The zero-order chi connectivity index (χ0) is 18.4. The summed E-state index contributed by atoms with van der Waals surface area (Å²) in [5, 5.41) is 9.74. The molecule has 0 aromatic heterocycles. The third-order valence-corrected chi connectivity index (χ3v) is 3.39. The van der Waals surface area contributed by atoms with Gasteiger partial charge in [-0.05, 0) is 27.2 Å². The van der Waals surface area contributed by atoms with Gasteiger partial charge in [0.05, 0.1) is 45.6 Å². The second-order valence-corrected chi connectivity index (χ2v) is 5.92. The Morgan fingerprint density at radius 1 is 0.958 bits per heavy atom. The summed E-state index contributed by atoms with van der Waals surface area (Å²) in [6.45, 7) is 9.45. The average molecular weight is 348 g/mol. The minimum atomic E-state index is -1.37. The van der Waals surface area contributed by atoms with Crippen LogP contribution in [0.4, 0.5) is 0 Å². The Morgan fingerprint density at radius 2 is 1.50 bits per heavy atom. The Kier molecular flexibility index (Phi) is 12.7. The van der Waals surface area contributed by atoms with E-state index < -0.39 is 11.6 Å². The summed E-state index contributed by atoms with van der Waals surface area (Å²) < 4.78 is 20.8. The van der Waals surface area contributed by atoms with Crippen molar-refractivity contribution in [1.82, 2.24) is 0 Å². The van der Waals surface area contributed by atoms with Gasteiger partial charge in [-0.15, -0.1) is 0 Å². The lowest BCUT2D eigenvalue weighted by Crippen LogP contribution is -2.34. The first-order valence-electron chi connectivity index (χ1n) is 8.48. The number of ether oxygens (including phenoxy) is 4. The largest absolute Gasteiger partial charge is 0.463 e. The van der Waals surface area contributed by atoms with Crippen LogP contribution in [0.1, 0.15) is 47.0 Å². The maximum atomic E-state index is 11.7. The summed E-state index contributed by atoms with van der Waals surface area (Å²) >= 11 is 0. The minimum Gasteiger partial charge on any atom is -0.463 e. The number of carbonyl (C=O) groups excluding carboxylic acids is 2. The van der Waals surface area contributed by atoms with E-state index in [0.717, 1.165) is 0 Å². The highest BCUT2D eigenvalue weighted by Gasteiger charge is 2.27. The Bertz CT molecular complexity index is 353. The molecule has 1 unspecified atom stereocenters. The van der Waals surface area contributed by atoms with Gasteiger partial charge in [0.25, 0.3) is 0 Å². The van der Waals surface area contributed by atoms with Gasteiger partial charge < -0.3 is 24.1 Å². The zero-order valence-corrected chi connectivity index (χ0v) is 15.3. The Morgan fingerprint density at radius 3 is 2.04 bits per heavy atom. The monoisotopic (exact) mass is 348 g/mol. The quantitative estimate of drug-likeness (QED) is 0.354. The van der Waals surface area contributed by atoms with Crippen LogP contribution in [0.5, 0.6) is 0 Å². The molecule has 0 spiro atoms. The molecule has 0 amide bonds. The van der Waals surface area contributed by atoms with E-state index in [1.165, 1.54) is 6.92 Å². The predicted molar refractivity (Wildman–Crippen MR) is 88.8 cm³/mol. The van der Waals surface area contributed by atoms with Crippen LogP contribution in [0.25, 0.3) is 0 Å². The average Bonchev–Trinajstić information content (AvgIpc) is 2.53. The number of aliphatic hydroxyl groups is 1. The Balaban J connectivity index is 3.45. The van der Waals surface area contributed by atoms with Crippen molar-refractivity contribution in [1.29, 1.82) is 0 Å². The molecule has 0 fully saturated rings. The van der Waals surface area contributed by atoms with E-state index in [9.17, 15) is 14.7 Å². The van der Waals surface area contributed by atoms with Gasteiger partial charge in [-0.2, -0.15) is 0 Å². The highest BCUT2D eigenvalue weighted by atomic mass is 16.6. The van der Waals surface area contributed by atoms with Gasteiger partial charge in [0, 0.05) is 6.42 Å². The molecule has 1 N–H and O–H groups in total. The topological polar surface area (TPSA) is 91.3 Å². The van der Waals surface area contributed by atoms with Crippen LogP contribution in [0.15, 0.2) is 0 Å². The molecule has 0 aliphatic heterocycles. The van der Waals surface area contributed by atoms with Gasteiger partial charge in [0.15, 0.2) is 5.78 Å². The predicted octanol–water partition coefficient (Wildman–Crippen LogP) is 1.50. The lowest BCUT2D eigenvalue weighted by atomic mass is 9.95. The summed E-state index contributed by atoms with van der Waals surface area (Å²) in [6, 6.07) is 0. The molecule has 0 aliphatic rings. The molecule has 0 bridgehead atoms. The molecule has 0 saturated heterocycles. The second kappa shape index (κ2) is 13.3. The third-order valence-electron chi connectivity index (χ3n) is 3.39. The van der Waals surface area contributed by atoms with Crippen molar-refractivity contribution in [3.63, 3.8) is 0 Å². The van der Waals surface area contributed by atoms with E-state index in [4.69, 9.17) is 18.9 Å². The fraction of sp³-hybridized carbons (Fsp3) is 0.882. The van der Waals surface area contributed by atoms with Crippen molar-refractivity contribution < 1.29 is 33.6 Å². The van der Waals surface area contributed by atoms with Crippen LogP contribution >= 0.6 is 0 Å². The summed E-state index contributed by atoms with van der Waals surface area (Å²) in [5.41, 5.74) is -1.37. The number of hydrogen-bond acceptors (Lipinski definition) is 7. The fourth-order valence-electron chi connectivity index (χ4n) is 1.63. The van der Waals surface area contributed by atoms with E-state index in [0.29, 0.717) is 32.8 Å². The molecule has 7 heteroatoms. The third kappa shape index (κ3) is 12.4. The summed E-state index contributed by atoms with van der Waals surface area (Å²) in [7, 11) is 0. The molecular weight excluding hydrogens is 316 g/mol. The van der Waals surface area contributed by atoms with Crippen LogP contribution in [-0.4, -0.2) is 68.2 Å². The number of esters is 1. The molecule has 0 radical (unpaired) electrons. The first-order chi connectivity index (χ1) is 11.3. The molecule has 1 atom stereocenters. The minimum absolute atomic E-state index is 0.0210. The summed E-state index contributed by atoms with van der Waals surface area (Å²) in [5.74, 6) is -0.822. The molecule has 142 valence electrons. The van der Waals surface area contributed by atoms with Crippen molar-refractivity contribution in [2.75, 3.05) is 39.6 Å². The van der Waals surface area contributed by atoms with Crippen molar-refractivity contribution in [2.24, 2.45) is 0 Å². The molecule has 0 rings (SSSR count). The first kappa shape index (κ1) is 23.0. The van der Waals surface area contributed by atoms with Crippen LogP contribution in [0.2, 0.25) is 0 Å². The summed E-state index contributed by atoms with van der Waals surface area (Å²) in [6.07, 6.45) is 0.462. The van der Waals surface area contributed by atoms with Gasteiger partial charge in [-0.3, -0.25) is 9.59 Å². The van der Waals surface area contributed by atoms with Crippen molar-refractivity contribution >= 4 is 11.8 Å². The van der Waals surface area contributed by atoms with Crippen LogP contribution in [-0.2, 0) is 28.5 Å².